The quantitative estimate of drug-likeness (QED) is 0.861. The van der Waals surface area contributed by atoms with E-state index < -0.39 is 6.10 Å². The lowest BCUT2D eigenvalue weighted by Gasteiger charge is -2.26. The van der Waals surface area contributed by atoms with Gasteiger partial charge in [-0.05, 0) is 42.4 Å². The van der Waals surface area contributed by atoms with Gasteiger partial charge in [0, 0.05) is 6.42 Å². The molecule has 2 aromatic carbocycles. The molecule has 3 rings (SSSR count). The molecule has 1 atom stereocenters. The maximum absolute atomic E-state index is 10.4. The van der Waals surface area contributed by atoms with Crippen LogP contribution in [0.1, 0.15) is 53.5 Å². The van der Waals surface area contributed by atoms with E-state index in [2.05, 4.69) is 55.5 Å². The predicted octanol–water partition coefficient (Wildman–Crippen LogP) is 4.54. The molecule has 2 aromatic rings. The molecule has 1 fully saturated rings. The summed E-state index contributed by atoms with van der Waals surface area (Å²) in [4.78, 5) is 0. The first-order valence-corrected chi connectivity index (χ1v) is 7.56. The number of rotatable bonds is 4. The minimum Gasteiger partial charge on any atom is -0.388 e. The monoisotopic (exact) mass is 266 g/mol. The topological polar surface area (TPSA) is 20.2 Å². The normalized spacial score (nSPS) is 16.7. The van der Waals surface area contributed by atoms with Crippen LogP contribution in [0.5, 0.6) is 0 Å². The highest BCUT2D eigenvalue weighted by molar-refractivity contribution is 5.30. The van der Waals surface area contributed by atoms with Gasteiger partial charge in [-0.3, -0.25) is 0 Å². The van der Waals surface area contributed by atoms with Gasteiger partial charge >= 0.3 is 0 Å². The van der Waals surface area contributed by atoms with E-state index in [-0.39, 0.29) is 0 Å². The summed E-state index contributed by atoms with van der Waals surface area (Å²) in [6.07, 6.45) is 4.29. The standard InChI is InChI=1S/C19H22O/c1-14-4-2-5-15(12-14)13-19(20)18-10-8-17(9-11-18)16-6-3-7-16/h2,4-5,8-12,16,19-20H,3,6-7,13H2,1H3. The van der Waals surface area contributed by atoms with E-state index in [1.54, 1.807) is 0 Å². The van der Waals surface area contributed by atoms with Crippen LogP contribution in [0.4, 0.5) is 0 Å². The van der Waals surface area contributed by atoms with E-state index >= 15 is 0 Å². The Morgan fingerprint density at radius 3 is 2.45 bits per heavy atom. The number of aryl methyl sites for hydroxylation is 1. The van der Waals surface area contributed by atoms with Gasteiger partial charge in [0.1, 0.15) is 0 Å². The summed E-state index contributed by atoms with van der Waals surface area (Å²) >= 11 is 0. The minimum absolute atomic E-state index is 0.410. The molecule has 0 amide bonds. The number of aliphatic hydroxyl groups excluding tert-OH is 1. The van der Waals surface area contributed by atoms with Crippen molar-refractivity contribution in [3.8, 4) is 0 Å². The van der Waals surface area contributed by atoms with E-state index in [4.69, 9.17) is 0 Å². The second-order valence-electron chi connectivity index (χ2n) is 6.00. The van der Waals surface area contributed by atoms with Crippen molar-refractivity contribution in [2.45, 2.75) is 44.6 Å². The van der Waals surface area contributed by atoms with Crippen molar-refractivity contribution in [3.63, 3.8) is 0 Å². The third kappa shape index (κ3) is 2.94. The summed E-state index contributed by atoms with van der Waals surface area (Å²) in [5, 5.41) is 10.4. The van der Waals surface area contributed by atoms with Crippen LogP contribution >= 0.6 is 0 Å². The van der Waals surface area contributed by atoms with Crippen LogP contribution in [0.25, 0.3) is 0 Å². The van der Waals surface area contributed by atoms with Gasteiger partial charge in [-0.1, -0.05) is 60.5 Å². The number of hydrogen-bond acceptors (Lipinski definition) is 1. The molecule has 0 saturated heterocycles. The van der Waals surface area contributed by atoms with Crippen LogP contribution in [-0.4, -0.2) is 5.11 Å². The summed E-state index contributed by atoms with van der Waals surface area (Å²) in [7, 11) is 0. The smallest absolute Gasteiger partial charge is 0.0830 e. The van der Waals surface area contributed by atoms with Gasteiger partial charge in [0.05, 0.1) is 6.10 Å². The molecule has 1 heteroatoms. The summed E-state index contributed by atoms with van der Waals surface area (Å²) in [5.41, 5.74) is 4.90. The molecule has 0 aliphatic heterocycles. The molecule has 1 N–H and O–H groups in total. The molecule has 1 aliphatic rings. The van der Waals surface area contributed by atoms with Crippen LogP contribution in [0.2, 0.25) is 0 Å². The molecule has 0 heterocycles. The van der Waals surface area contributed by atoms with Crippen LogP contribution in [-0.2, 0) is 6.42 Å². The van der Waals surface area contributed by atoms with Crippen molar-refractivity contribution >= 4 is 0 Å². The van der Waals surface area contributed by atoms with Gasteiger partial charge in [-0.2, -0.15) is 0 Å². The first-order chi connectivity index (χ1) is 9.72. The second-order valence-corrected chi connectivity index (χ2v) is 6.00. The second kappa shape index (κ2) is 5.80. The highest BCUT2D eigenvalue weighted by Crippen LogP contribution is 2.36. The first kappa shape index (κ1) is 13.4. The maximum atomic E-state index is 10.4. The van der Waals surface area contributed by atoms with Crippen molar-refractivity contribution in [1.29, 1.82) is 0 Å². The zero-order chi connectivity index (χ0) is 13.9. The Labute approximate surface area is 121 Å². The van der Waals surface area contributed by atoms with Crippen LogP contribution in [0, 0.1) is 6.92 Å². The van der Waals surface area contributed by atoms with Gasteiger partial charge in [-0.15, -0.1) is 0 Å². The van der Waals surface area contributed by atoms with E-state index in [9.17, 15) is 5.11 Å². The van der Waals surface area contributed by atoms with Gasteiger partial charge in [0.15, 0.2) is 0 Å². The SMILES string of the molecule is Cc1cccc(CC(O)c2ccc(C3CCC3)cc2)c1. The Morgan fingerprint density at radius 2 is 1.85 bits per heavy atom. The molecule has 0 bridgehead atoms. The molecule has 0 spiro atoms. The lowest BCUT2D eigenvalue weighted by molar-refractivity contribution is 0.178. The summed E-state index contributed by atoms with van der Waals surface area (Å²) < 4.78 is 0. The Bertz CT molecular complexity index is 567. The molecule has 1 nitrogen and oxygen atoms in total. The molecule has 0 radical (unpaired) electrons. The minimum atomic E-state index is -0.410. The van der Waals surface area contributed by atoms with Crippen molar-refractivity contribution in [2.24, 2.45) is 0 Å². The van der Waals surface area contributed by atoms with Crippen molar-refractivity contribution < 1.29 is 5.11 Å². The number of benzene rings is 2. The van der Waals surface area contributed by atoms with E-state index in [1.165, 1.54) is 36.0 Å². The summed E-state index contributed by atoms with van der Waals surface area (Å²) in [6.45, 7) is 2.09. The highest BCUT2D eigenvalue weighted by atomic mass is 16.3. The van der Waals surface area contributed by atoms with Crippen molar-refractivity contribution in [3.05, 3.63) is 70.8 Å². The Balaban J connectivity index is 1.68. The lowest BCUT2D eigenvalue weighted by Crippen LogP contribution is -2.09. The largest absolute Gasteiger partial charge is 0.388 e. The van der Waals surface area contributed by atoms with E-state index in [0.717, 1.165) is 11.5 Å². The Hall–Kier alpha value is -1.60. The van der Waals surface area contributed by atoms with E-state index in [0.29, 0.717) is 6.42 Å². The van der Waals surface area contributed by atoms with Gasteiger partial charge < -0.3 is 5.11 Å². The number of aliphatic hydroxyl groups is 1. The molecule has 104 valence electrons. The maximum Gasteiger partial charge on any atom is 0.0830 e. The fourth-order valence-electron chi connectivity index (χ4n) is 2.91. The fourth-order valence-corrected chi connectivity index (χ4v) is 2.91. The lowest BCUT2D eigenvalue weighted by atomic mass is 9.80. The Kier molecular flexibility index (Phi) is 3.88. The average Bonchev–Trinajstić information content (AvgIpc) is 2.37. The molecular weight excluding hydrogens is 244 g/mol. The van der Waals surface area contributed by atoms with Crippen LogP contribution < -0.4 is 0 Å². The molecule has 1 aliphatic carbocycles. The number of hydrogen-bond donors (Lipinski definition) is 1. The predicted molar refractivity (Wildman–Crippen MR) is 82.9 cm³/mol. The molecule has 1 saturated carbocycles. The summed E-state index contributed by atoms with van der Waals surface area (Å²) in [6, 6.07) is 16.9. The average molecular weight is 266 g/mol. The van der Waals surface area contributed by atoms with Gasteiger partial charge in [0.25, 0.3) is 0 Å². The zero-order valence-corrected chi connectivity index (χ0v) is 12.0. The third-order valence-electron chi connectivity index (χ3n) is 4.41. The zero-order valence-electron chi connectivity index (χ0n) is 12.0. The van der Waals surface area contributed by atoms with E-state index in [1.807, 2.05) is 0 Å². The molecule has 0 aromatic heterocycles. The third-order valence-corrected chi connectivity index (χ3v) is 4.41. The van der Waals surface area contributed by atoms with Crippen LogP contribution in [0.3, 0.4) is 0 Å². The van der Waals surface area contributed by atoms with Crippen molar-refractivity contribution in [1.82, 2.24) is 0 Å². The van der Waals surface area contributed by atoms with Gasteiger partial charge in [0.2, 0.25) is 0 Å². The Morgan fingerprint density at radius 1 is 1.10 bits per heavy atom. The first-order valence-electron chi connectivity index (χ1n) is 7.56. The van der Waals surface area contributed by atoms with Crippen molar-refractivity contribution in [2.75, 3.05) is 0 Å². The fraction of sp³-hybridized carbons (Fsp3) is 0.368. The van der Waals surface area contributed by atoms with Gasteiger partial charge in [-0.25, -0.2) is 0 Å². The molecular formula is C19H22O. The molecule has 1 unspecified atom stereocenters. The highest BCUT2D eigenvalue weighted by Gasteiger charge is 2.19. The summed E-state index contributed by atoms with van der Waals surface area (Å²) in [5.74, 6) is 0.762. The molecule has 20 heavy (non-hydrogen) atoms. The van der Waals surface area contributed by atoms with Crippen LogP contribution in [0.15, 0.2) is 48.5 Å².